The zero-order chi connectivity index (χ0) is 19.1. The molecule has 0 atom stereocenters. The summed E-state index contributed by atoms with van der Waals surface area (Å²) in [6.07, 6.45) is 3.20. The van der Waals surface area contributed by atoms with Crippen LogP contribution in [-0.2, 0) is 10.5 Å². The minimum absolute atomic E-state index is 0.255. The third-order valence-corrected chi connectivity index (χ3v) is 5.89. The number of nitrogens with zero attached hydrogens (tertiary/aromatic N) is 3. The van der Waals surface area contributed by atoms with Gasteiger partial charge in [-0.15, -0.1) is 10.2 Å². The molecule has 1 amide bonds. The van der Waals surface area contributed by atoms with E-state index in [1.54, 1.807) is 18.2 Å². The van der Waals surface area contributed by atoms with Crippen LogP contribution in [0.25, 0.3) is 6.08 Å². The quantitative estimate of drug-likeness (QED) is 0.316. The Labute approximate surface area is 173 Å². The van der Waals surface area contributed by atoms with Crippen molar-refractivity contribution in [1.82, 2.24) is 10.2 Å². The number of benzene rings is 2. The van der Waals surface area contributed by atoms with Crippen molar-refractivity contribution >= 4 is 56.1 Å². The molecule has 0 saturated heterocycles. The van der Waals surface area contributed by atoms with Crippen LogP contribution in [0.15, 0.2) is 63.4 Å². The van der Waals surface area contributed by atoms with Crippen molar-refractivity contribution in [2.24, 2.45) is 0 Å². The number of carbonyl (C=O) groups is 1. The van der Waals surface area contributed by atoms with Crippen LogP contribution < -0.4 is 5.32 Å². The van der Waals surface area contributed by atoms with E-state index in [0.717, 1.165) is 25.7 Å². The summed E-state index contributed by atoms with van der Waals surface area (Å²) >= 11 is 6.26. The maximum Gasteiger partial charge on any atom is 0.250 e. The fourth-order valence-corrected chi connectivity index (χ4v) is 4.20. The Morgan fingerprint density at radius 2 is 2.07 bits per heavy atom. The molecule has 0 aliphatic heterocycles. The number of thioether (sulfide) groups is 1. The lowest BCUT2D eigenvalue weighted by Crippen LogP contribution is -2.07. The molecule has 0 radical (unpaired) electrons. The van der Waals surface area contributed by atoms with E-state index in [4.69, 9.17) is 5.26 Å². The zero-order valence-corrected chi connectivity index (χ0v) is 17.1. The molecule has 0 bridgehead atoms. The first kappa shape index (κ1) is 19.3. The van der Waals surface area contributed by atoms with Gasteiger partial charge in [-0.3, -0.25) is 10.1 Å². The maximum atomic E-state index is 12.0. The van der Waals surface area contributed by atoms with Crippen molar-refractivity contribution in [2.75, 3.05) is 5.32 Å². The average Bonchev–Trinajstić information content (AvgIpc) is 3.12. The predicted molar refractivity (Wildman–Crippen MR) is 112 cm³/mol. The van der Waals surface area contributed by atoms with Crippen molar-refractivity contribution < 1.29 is 4.79 Å². The fraction of sp³-hybridized carbons (Fsp3) is 0.0526. The van der Waals surface area contributed by atoms with Gasteiger partial charge in [-0.1, -0.05) is 63.3 Å². The average molecular weight is 457 g/mol. The number of hydrogen-bond acceptors (Lipinski definition) is 6. The summed E-state index contributed by atoms with van der Waals surface area (Å²) in [5.41, 5.74) is 2.66. The van der Waals surface area contributed by atoms with Gasteiger partial charge in [0, 0.05) is 16.3 Å². The van der Waals surface area contributed by atoms with Crippen LogP contribution in [0.5, 0.6) is 0 Å². The monoisotopic (exact) mass is 456 g/mol. The van der Waals surface area contributed by atoms with Crippen molar-refractivity contribution in [2.45, 2.75) is 10.1 Å². The molecule has 1 N–H and O–H groups in total. The Morgan fingerprint density at radius 1 is 1.26 bits per heavy atom. The second kappa shape index (κ2) is 9.46. The van der Waals surface area contributed by atoms with E-state index in [9.17, 15) is 4.79 Å². The van der Waals surface area contributed by atoms with Crippen molar-refractivity contribution in [3.05, 3.63) is 75.8 Å². The number of rotatable bonds is 6. The van der Waals surface area contributed by atoms with Crippen LogP contribution in [0.1, 0.15) is 16.7 Å². The SMILES string of the molecule is N#Cc1ccc(CSc2nnc(NC(=O)/C=C/c3cccc(Br)c3)s2)cc1. The van der Waals surface area contributed by atoms with Gasteiger partial charge in [-0.25, -0.2) is 0 Å². The van der Waals surface area contributed by atoms with Crippen molar-refractivity contribution in [1.29, 1.82) is 5.26 Å². The topological polar surface area (TPSA) is 78.7 Å². The lowest BCUT2D eigenvalue weighted by Gasteiger charge is -1.98. The highest BCUT2D eigenvalue weighted by atomic mass is 79.9. The minimum Gasteiger partial charge on any atom is -0.297 e. The molecule has 134 valence electrons. The number of aromatic nitrogens is 2. The smallest absolute Gasteiger partial charge is 0.250 e. The molecule has 1 heterocycles. The Morgan fingerprint density at radius 3 is 2.81 bits per heavy atom. The number of carbonyl (C=O) groups excluding carboxylic acids is 1. The van der Waals surface area contributed by atoms with Crippen LogP contribution in [0.4, 0.5) is 5.13 Å². The molecule has 0 saturated carbocycles. The molecular formula is C19H13BrN4OS2. The zero-order valence-electron chi connectivity index (χ0n) is 13.9. The summed E-state index contributed by atoms with van der Waals surface area (Å²) in [4.78, 5) is 12.0. The molecule has 0 aliphatic rings. The lowest BCUT2D eigenvalue weighted by atomic mass is 10.2. The fourth-order valence-electron chi connectivity index (χ4n) is 2.07. The molecule has 0 spiro atoms. The highest BCUT2D eigenvalue weighted by molar-refractivity contribution is 9.10. The molecule has 2 aromatic carbocycles. The molecule has 5 nitrogen and oxygen atoms in total. The number of hydrogen-bond donors (Lipinski definition) is 1. The standard InChI is InChI=1S/C19H13BrN4OS2/c20-16-3-1-2-13(10-16)8-9-17(25)22-18-23-24-19(27-18)26-12-15-6-4-14(11-21)5-7-15/h1-10H,12H2,(H,22,23,25)/b9-8+. The first-order valence-corrected chi connectivity index (χ1v) is 10.4. The van der Waals surface area contributed by atoms with Gasteiger partial charge in [0.05, 0.1) is 11.6 Å². The Hall–Kier alpha value is -2.47. The minimum atomic E-state index is -0.255. The molecule has 8 heteroatoms. The summed E-state index contributed by atoms with van der Waals surface area (Å²) in [7, 11) is 0. The number of anilines is 1. The highest BCUT2D eigenvalue weighted by Crippen LogP contribution is 2.28. The normalized spacial score (nSPS) is 10.7. The first-order chi connectivity index (χ1) is 13.1. The second-order valence-electron chi connectivity index (χ2n) is 5.35. The number of nitriles is 1. The van der Waals surface area contributed by atoms with Crippen LogP contribution in [0.3, 0.4) is 0 Å². The number of amides is 1. The van der Waals surface area contributed by atoms with E-state index in [2.05, 4.69) is 37.5 Å². The maximum absolute atomic E-state index is 12.0. The van der Waals surface area contributed by atoms with E-state index < -0.39 is 0 Å². The predicted octanol–water partition coefficient (Wildman–Crippen LogP) is 5.12. The number of nitrogens with one attached hydrogen (secondary N) is 1. The van der Waals surface area contributed by atoms with Crippen LogP contribution >= 0.6 is 39.0 Å². The molecule has 0 unspecified atom stereocenters. The van der Waals surface area contributed by atoms with Crippen molar-refractivity contribution in [3.8, 4) is 6.07 Å². The Bertz CT molecular complexity index is 1010. The van der Waals surface area contributed by atoms with E-state index in [-0.39, 0.29) is 5.91 Å². The van der Waals surface area contributed by atoms with Gasteiger partial charge < -0.3 is 0 Å². The largest absolute Gasteiger partial charge is 0.297 e. The molecule has 0 fully saturated rings. The van der Waals surface area contributed by atoms with Crippen LogP contribution in [0, 0.1) is 11.3 Å². The summed E-state index contributed by atoms with van der Waals surface area (Å²) in [5.74, 6) is 0.464. The van der Waals surface area contributed by atoms with Gasteiger partial charge in [0.15, 0.2) is 4.34 Å². The van der Waals surface area contributed by atoms with Gasteiger partial charge in [-0.05, 0) is 41.5 Å². The second-order valence-corrected chi connectivity index (χ2v) is 8.46. The van der Waals surface area contributed by atoms with Gasteiger partial charge in [-0.2, -0.15) is 5.26 Å². The third-order valence-electron chi connectivity index (χ3n) is 3.36. The molecule has 3 rings (SSSR count). The Balaban J connectivity index is 1.52. The summed E-state index contributed by atoms with van der Waals surface area (Å²) in [5, 5.41) is 20.1. The van der Waals surface area contributed by atoms with Crippen LogP contribution in [0.2, 0.25) is 0 Å². The van der Waals surface area contributed by atoms with Gasteiger partial charge in [0.25, 0.3) is 0 Å². The molecule has 3 aromatic rings. The van der Waals surface area contributed by atoms with Gasteiger partial charge in [0.1, 0.15) is 0 Å². The van der Waals surface area contributed by atoms with E-state index in [1.165, 1.54) is 29.2 Å². The number of halogens is 1. The van der Waals surface area contributed by atoms with Crippen molar-refractivity contribution in [3.63, 3.8) is 0 Å². The van der Waals surface area contributed by atoms with E-state index >= 15 is 0 Å². The molecule has 27 heavy (non-hydrogen) atoms. The highest BCUT2D eigenvalue weighted by Gasteiger charge is 2.07. The summed E-state index contributed by atoms with van der Waals surface area (Å²) in [6, 6.07) is 17.2. The van der Waals surface area contributed by atoms with Gasteiger partial charge >= 0.3 is 0 Å². The summed E-state index contributed by atoms with van der Waals surface area (Å²) < 4.78 is 1.73. The molecule has 0 aliphatic carbocycles. The molecular weight excluding hydrogens is 444 g/mol. The molecule has 1 aromatic heterocycles. The van der Waals surface area contributed by atoms with E-state index in [1.807, 2.05) is 36.4 Å². The third kappa shape index (κ3) is 6.03. The van der Waals surface area contributed by atoms with E-state index in [0.29, 0.717) is 10.7 Å². The van der Waals surface area contributed by atoms with Crippen LogP contribution in [-0.4, -0.2) is 16.1 Å². The Kier molecular flexibility index (Phi) is 6.76. The lowest BCUT2D eigenvalue weighted by molar-refractivity contribution is -0.111. The first-order valence-electron chi connectivity index (χ1n) is 7.82. The summed E-state index contributed by atoms with van der Waals surface area (Å²) in [6.45, 7) is 0. The van der Waals surface area contributed by atoms with Gasteiger partial charge in [0.2, 0.25) is 11.0 Å².